The highest BCUT2D eigenvalue weighted by Gasteiger charge is 2.35. The van der Waals surface area contributed by atoms with Crippen molar-refractivity contribution < 1.29 is 18.0 Å². The van der Waals surface area contributed by atoms with Crippen molar-refractivity contribution in [3.8, 4) is 0 Å². The van der Waals surface area contributed by atoms with Crippen LogP contribution in [-0.2, 0) is 23.8 Å². The molecule has 0 spiro atoms. The predicted molar refractivity (Wildman–Crippen MR) is 121 cm³/mol. The standard InChI is InChI=1S/C25H31F3N4O/c1-4-21-20(15-17-6-5-7-19(14-17)25(26,27)28)23(30-22(29-21)16(2)3)31-10-12-32(13-11-31)24(33)18-8-9-18/h5-7,14,16,18H,4,8-13,15H2,1-3H3. The summed E-state index contributed by atoms with van der Waals surface area (Å²) in [5.41, 5.74) is 1.69. The van der Waals surface area contributed by atoms with E-state index >= 15 is 0 Å². The quantitative estimate of drug-likeness (QED) is 0.620. The monoisotopic (exact) mass is 460 g/mol. The van der Waals surface area contributed by atoms with E-state index < -0.39 is 11.7 Å². The summed E-state index contributed by atoms with van der Waals surface area (Å²) in [6.45, 7) is 8.69. The lowest BCUT2D eigenvalue weighted by molar-refractivity contribution is -0.137. The number of carbonyl (C=O) groups is 1. The highest BCUT2D eigenvalue weighted by Crippen LogP contribution is 2.33. The number of hydrogen-bond acceptors (Lipinski definition) is 4. The van der Waals surface area contributed by atoms with Crippen molar-refractivity contribution in [2.75, 3.05) is 31.1 Å². The number of hydrogen-bond donors (Lipinski definition) is 0. The lowest BCUT2D eigenvalue weighted by Crippen LogP contribution is -2.50. The summed E-state index contributed by atoms with van der Waals surface area (Å²) < 4.78 is 39.8. The van der Waals surface area contributed by atoms with Gasteiger partial charge in [0.2, 0.25) is 5.91 Å². The third-order valence-corrected chi connectivity index (χ3v) is 6.39. The molecule has 0 N–H and O–H groups in total. The molecule has 1 aromatic carbocycles. The molecule has 0 bridgehead atoms. The van der Waals surface area contributed by atoms with Gasteiger partial charge in [0.1, 0.15) is 11.6 Å². The molecule has 0 atom stereocenters. The number of amides is 1. The molecule has 2 fully saturated rings. The summed E-state index contributed by atoms with van der Waals surface area (Å²) in [5, 5.41) is 0. The van der Waals surface area contributed by atoms with Crippen LogP contribution >= 0.6 is 0 Å². The van der Waals surface area contributed by atoms with E-state index in [9.17, 15) is 18.0 Å². The lowest BCUT2D eigenvalue weighted by atomic mass is 9.99. The molecule has 33 heavy (non-hydrogen) atoms. The van der Waals surface area contributed by atoms with Crippen LogP contribution in [0, 0.1) is 5.92 Å². The first-order valence-corrected chi connectivity index (χ1v) is 11.8. The number of aromatic nitrogens is 2. The van der Waals surface area contributed by atoms with Gasteiger partial charge < -0.3 is 9.80 Å². The largest absolute Gasteiger partial charge is 0.416 e. The predicted octanol–water partition coefficient (Wildman–Crippen LogP) is 4.83. The van der Waals surface area contributed by atoms with Crippen LogP contribution in [0.2, 0.25) is 0 Å². The minimum absolute atomic E-state index is 0.134. The van der Waals surface area contributed by atoms with Gasteiger partial charge in [0.25, 0.3) is 0 Å². The molecule has 1 aromatic heterocycles. The fourth-order valence-electron chi connectivity index (χ4n) is 4.32. The van der Waals surface area contributed by atoms with E-state index in [0.29, 0.717) is 44.6 Å². The van der Waals surface area contributed by atoms with Crippen LogP contribution in [0.1, 0.15) is 67.7 Å². The van der Waals surface area contributed by atoms with Gasteiger partial charge in [-0.05, 0) is 30.9 Å². The number of anilines is 1. The molecule has 8 heteroatoms. The third-order valence-electron chi connectivity index (χ3n) is 6.39. The highest BCUT2D eigenvalue weighted by molar-refractivity contribution is 5.81. The first kappa shape index (κ1) is 23.5. The number of alkyl halides is 3. The van der Waals surface area contributed by atoms with Crippen LogP contribution < -0.4 is 4.90 Å². The van der Waals surface area contributed by atoms with Gasteiger partial charge in [-0.1, -0.05) is 39.0 Å². The van der Waals surface area contributed by atoms with E-state index in [4.69, 9.17) is 9.97 Å². The first-order valence-electron chi connectivity index (χ1n) is 11.8. The molecule has 0 radical (unpaired) electrons. The van der Waals surface area contributed by atoms with E-state index in [0.717, 1.165) is 41.8 Å². The molecular weight excluding hydrogens is 429 g/mol. The second kappa shape index (κ2) is 9.31. The van der Waals surface area contributed by atoms with Crippen molar-refractivity contribution in [1.82, 2.24) is 14.9 Å². The molecule has 1 aliphatic carbocycles. The maximum Gasteiger partial charge on any atom is 0.416 e. The fraction of sp³-hybridized carbons (Fsp3) is 0.560. The lowest BCUT2D eigenvalue weighted by Gasteiger charge is -2.37. The minimum atomic E-state index is -4.38. The number of halogens is 3. The fourth-order valence-corrected chi connectivity index (χ4v) is 4.32. The molecule has 5 nitrogen and oxygen atoms in total. The summed E-state index contributed by atoms with van der Waals surface area (Å²) in [5.74, 6) is 2.12. The Morgan fingerprint density at radius 3 is 2.39 bits per heavy atom. The molecule has 1 saturated carbocycles. The summed E-state index contributed by atoms with van der Waals surface area (Å²) in [6.07, 6.45) is -1.39. The Balaban J connectivity index is 1.65. The van der Waals surface area contributed by atoms with Gasteiger partial charge in [0, 0.05) is 55.7 Å². The summed E-state index contributed by atoms with van der Waals surface area (Å²) in [7, 11) is 0. The SMILES string of the molecule is CCc1nc(C(C)C)nc(N2CCN(C(=O)C3CC3)CC2)c1Cc1cccc(C(F)(F)F)c1. The molecule has 178 valence electrons. The normalized spacial score (nSPS) is 17.1. The smallest absolute Gasteiger partial charge is 0.353 e. The molecule has 1 aliphatic heterocycles. The van der Waals surface area contributed by atoms with Gasteiger partial charge in [-0.25, -0.2) is 9.97 Å². The first-order chi connectivity index (χ1) is 15.7. The zero-order valence-electron chi connectivity index (χ0n) is 19.5. The zero-order chi connectivity index (χ0) is 23.8. The van der Waals surface area contributed by atoms with Crippen LogP contribution in [0.3, 0.4) is 0 Å². The Morgan fingerprint density at radius 1 is 1.12 bits per heavy atom. The minimum Gasteiger partial charge on any atom is -0.353 e. The third kappa shape index (κ3) is 5.31. The second-order valence-corrected chi connectivity index (χ2v) is 9.30. The molecule has 2 heterocycles. The zero-order valence-corrected chi connectivity index (χ0v) is 19.5. The Bertz CT molecular complexity index is 1010. The van der Waals surface area contributed by atoms with Gasteiger partial charge in [0.05, 0.1) is 5.56 Å². The molecule has 0 unspecified atom stereocenters. The van der Waals surface area contributed by atoms with Gasteiger partial charge in [-0.15, -0.1) is 0 Å². The topological polar surface area (TPSA) is 49.3 Å². The van der Waals surface area contributed by atoms with E-state index in [-0.39, 0.29) is 17.7 Å². The van der Waals surface area contributed by atoms with Crippen molar-refractivity contribution in [3.63, 3.8) is 0 Å². The number of piperazine rings is 1. The van der Waals surface area contributed by atoms with Crippen molar-refractivity contribution in [2.45, 2.75) is 58.5 Å². The Labute approximate surface area is 193 Å². The van der Waals surface area contributed by atoms with Gasteiger partial charge in [0.15, 0.2) is 0 Å². The van der Waals surface area contributed by atoms with E-state index in [1.165, 1.54) is 12.1 Å². The van der Waals surface area contributed by atoms with E-state index in [1.807, 2.05) is 25.7 Å². The maximum absolute atomic E-state index is 13.3. The van der Waals surface area contributed by atoms with Crippen LogP contribution in [0.5, 0.6) is 0 Å². The average molecular weight is 461 g/mol. The number of aryl methyl sites for hydroxylation is 1. The van der Waals surface area contributed by atoms with Crippen molar-refractivity contribution >= 4 is 11.7 Å². The van der Waals surface area contributed by atoms with E-state index in [2.05, 4.69) is 4.90 Å². The van der Waals surface area contributed by atoms with Gasteiger partial charge in [-0.2, -0.15) is 13.2 Å². The number of nitrogens with zero attached hydrogens (tertiary/aromatic N) is 4. The maximum atomic E-state index is 13.3. The summed E-state index contributed by atoms with van der Waals surface area (Å²) >= 11 is 0. The van der Waals surface area contributed by atoms with Crippen molar-refractivity contribution in [2.24, 2.45) is 5.92 Å². The number of carbonyl (C=O) groups excluding carboxylic acids is 1. The number of rotatable bonds is 6. The van der Waals surface area contributed by atoms with E-state index in [1.54, 1.807) is 6.07 Å². The van der Waals surface area contributed by atoms with Gasteiger partial charge >= 0.3 is 6.18 Å². The van der Waals surface area contributed by atoms with Crippen LogP contribution in [0.25, 0.3) is 0 Å². The van der Waals surface area contributed by atoms with Crippen molar-refractivity contribution in [1.29, 1.82) is 0 Å². The molecule has 2 aliphatic rings. The number of benzene rings is 1. The molecule has 1 saturated heterocycles. The summed E-state index contributed by atoms with van der Waals surface area (Å²) in [6, 6.07) is 5.49. The highest BCUT2D eigenvalue weighted by atomic mass is 19.4. The molecule has 4 rings (SSSR count). The van der Waals surface area contributed by atoms with Crippen molar-refractivity contribution in [3.05, 3.63) is 52.5 Å². The van der Waals surface area contributed by atoms with Gasteiger partial charge in [-0.3, -0.25) is 4.79 Å². The summed E-state index contributed by atoms with van der Waals surface area (Å²) in [4.78, 5) is 26.2. The Morgan fingerprint density at radius 2 is 1.82 bits per heavy atom. The Kier molecular flexibility index (Phi) is 6.64. The van der Waals surface area contributed by atoms with Crippen LogP contribution in [-0.4, -0.2) is 47.0 Å². The average Bonchev–Trinajstić information content (AvgIpc) is 3.64. The van der Waals surface area contributed by atoms with Crippen LogP contribution in [0.4, 0.5) is 19.0 Å². The van der Waals surface area contributed by atoms with Crippen LogP contribution in [0.15, 0.2) is 24.3 Å². The molecular formula is C25H31F3N4O. The Hall–Kier alpha value is -2.64. The second-order valence-electron chi connectivity index (χ2n) is 9.30. The molecule has 1 amide bonds. The molecule has 2 aromatic rings.